The summed E-state index contributed by atoms with van der Waals surface area (Å²) >= 11 is 0. The van der Waals surface area contributed by atoms with Gasteiger partial charge in [-0.3, -0.25) is 0 Å². The van der Waals surface area contributed by atoms with E-state index in [0.29, 0.717) is 22.8 Å². The second-order valence-corrected chi connectivity index (χ2v) is 4.89. The zero-order chi connectivity index (χ0) is 16.8. The van der Waals surface area contributed by atoms with Crippen molar-refractivity contribution in [2.24, 2.45) is 0 Å². The molecule has 0 unspecified atom stereocenters. The van der Waals surface area contributed by atoms with Gasteiger partial charge in [0, 0.05) is 11.1 Å². The Kier molecular flexibility index (Phi) is 5.46. The molecule has 0 atom stereocenters. The summed E-state index contributed by atoms with van der Waals surface area (Å²) in [5.41, 5.74) is 2.00. The van der Waals surface area contributed by atoms with E-state index in [1.165, 1.54) is 0 Å². The van der Waals surface area contributed by atoms with Gasteiger partial charge in [0.1, 0.15) is 23.9 Å². The van der Waals surface area contributed by atoms with Crippen molar-refractivity contribution in [1.82, 2.24) is 0 Å². The van der Waals surface area contributed by atoms with Crippen molar-refractivity contribution in [3.8, 4) is 17.2 Å². The predicted molar refractivity (Wildman–Crippen MR) is 86.4 cm³/mol. The minimum Gasteiger partial charge on any atom is -0.496 e. The minimum absolute atomic E-state index is 0.126. The van der Waals surface area contributed by atoms with Crippen LogP contribution in [0.25, 0.3) is 0 Å². The van der Waals surface area contributed by atoms with Crippen molar-refractivity contribution in [2.75, 3.05) is 21.3 Å². The second kappa shape index (κ2) is 7.54. The molecule has 0 radical (unpaired) electrons. The average Bonchev–Trinajstić information content (AvgIpc) is 2.60. The number of rotatable bonds is 6. The summed E-state index contributed by atoms with van der Waals surface area (Å²) in [6.45, 7) is 1.99. The van der Waals surface area contributed by atoms with Gasteiger partial charge in [-0.2, -0.15) is 0 Å². The van der Waals surface area contributed by atoms with Gasteiger partial charge in [0.25, 0.3) is 0 Å². The highest BCUT2D eigenvalue weighted by Gasteiger charge is 2.15. The molecule has 0 aliphatic heterocycles. The van der Waals surface area contributed by atoms with Gasteiger partial charge in [-0.15, -0.1) is 0 Å². The van der Waals surface area contributed by atoms with Gasteiger partial charge in [-0.25, -0.2) is 4.79 Å². The standard InChI is InChI=1S/C18H20O5/c1-12-16(21-3)9-14(10-17(12)22-4)18(19)23-11-13-7-5-6-8-15(13)20-2/h5-10H,11H2,1-4H3. The highest BCUT2D eigenvalue weighted by molar-refractivity contribution is 5.90. The van der Waals surface area contributed by atoms with Crippen LogP contribution in [0.4, 0.5) is 0 Å². The Morgan fingerprint density at radius 2 is 1.48 bits per heavy atom. The maximum Gasteiger partial charge on any atom is 0.338 e. The van der Waals surface area contributed by atoms with Gasteiger partial charge in [-0.1, -0.05) is 18.2 Å². The summed E-state index contributed by atoms with van der Waals surface area (Å²) in [4.78, 5) is 12.3. The third kappa shape index (κ3) is 3.74. The Labute approximate surface area is 135 Å². The fourth-order valence-electron chi connectivity index (χ4n) is 2.25. The lowest BCUT2D eigenvalue weighted by Crippen LogP contribution is -2.07. The van der Waals surface area contributed by atoms with Crippen LogP contribution in [0.3, 0.4) is 0 Å². The molecule has 0 aromatic heterocycles. The van der Waals surface area contributed by atoms with E-state index in [1.807, 2.05) is 31.2 Å². The molecule has 0 saturated carbocycles. The minimum atomic E-state index is -0.451. The maximum atomic E-state index is 12.3. The molecule has 23 heavy (non-hydrogen) atoms. The Morgan fingerprint density at radius 1 is 0.913 bits per heavy atom. The molecule has 0 amide bonds. The van der Waals surface area contributed by atoms with Gasteiger partial charge in [0.2, 0.25) is 0 Å². The Morgan fingerprint density at radius 3 is 2.04 bits per heavy atom. The molecule has 2 aromatic rings. The third-order valence-corrected chi connectivity index (χ3v) is 3.54. The maximum absolute atomic E-state index is 12.3. The van der Waals surface area contributed by atoms with Gasteiger partial charge in [0.15, 0.2) is 0 Å². The zero-order valence-corrected chi connectivity index (χ0v) is 13.7. The summed E-state index contributed by atoms with van der Waals surface area (Å²) < 4.78 is 21.1. The first-order chi connectivity index (χ1) is 11.1. The van der Waals surface area contributed by atoms with E-state index in [0.717, 1.165) is 11.1 Å². The molecule has 5 heteroatoms. The molecular formula is C18H20O5. The summed E-state index contributed by atoms with van der Waals surface area (Å²) in [5.74, 6) is 1.38. The molecule has 5 nitrogen and oxygen atoms in total. The van der Waals surface area contributed by atoms with Crippen LogP contribution in [0.5, 0.6) is 17.2 Å². The van der Waals surface area contributed by atoms with Gasteiger partial charge in [0.05, 0.1) is 26.9 Å². The molecule has 0 heterocycles. The van der Waals surface area contributed by atoms with Crippen molar-refractivity contribution in [3.05, 3.63) is 53.1 Å². The molecule has 0 saturated heterocycles. The summed E-state index contributed by atoms with van der Waals surface area (Å²) in [5, 5.41) is 0. The van der Waals surface area contributed by atoms with Crippen LogP contribution in [-0.4, -0.2) is 27.3 Å². The van der Waals surface area contributed by atoms with Crippen molar-refractivity contribution in [1.29, 1.82) is 0 Å². The van der Waals surface area contributed by atoms with E-state index < -0.39 is 5.97 Å². The van der Waals surface area contributed by atoms with E-state index in [2.05, 4.69) is 0 Å². The summed E-state index contributed by atoms with van der Waals surface area (Å²) in [7, 11) is 4.67. The van der Waals surface area contributed by atoms with Crippen molar-refractivity contribution < 1.29 is 23.7 Å². The fourth-order valence-corrected chi connectivity index (χ4v) is 2.25. The highest BCUT2D eigenvalue weighted by Crippen LogP contribution is 2.30. The molecule has 0 bridgehead atoms. The number of hydrogen-bond donors (Lipinski definition) is 0. The van der Waals surface area contributed by atoms with Crippen molar-refractivity contribution in [2.45, 2.75) is 13.5 Å². The second-order valence-electron chi connectivity index (χ2n) is 4.89. The topological polar surface area (TPSA) is 54.0 Å². The van der Waals surface area contributed by atoms with Gasteiger partial charge in [-0.05, 0) is 25.1 Å². The fraction of sp³-hybridized carbons (Fsp3) is 0.278. The number of benzene rings is 2. The molecule has 0 aliphatic rings. The number of esters is 1. The summed E-state index contributed by atoms with van der Waals surface area (Å²) in [6, 6.07) is 10.7. The number of hydrogen-bond acceptors (Lipinski definition) is 5. The highest BCUT2D eigenvalue weighted by atomic mass is 16.5. The van der Waals surface area contributed by atoms with E-state index in [-0.39, 0.29) is 6.61 Å². The lowest BCUT2D eigenvalue weighted by atomic mass is 10.1. The lowest BCUT2D eigenvalue weighted by Gasteiger charge is -2.13. The number of methoxy groups -OCH3 is 3. The Balaban J connectivity index is 2.18. The molecule has 2 aromatic carbocycles. The van der Waals surface area contributed by atoms with E-state index in [4.69, 9.17) is 18.9 Å². The Bertz CT molecular complexity index is 669. The normalized spacial score (nSPS) is 10.1. The first-order valence-electron chi connectivity index (χ1n) is 7.12. The quantitative estimate of drug-likeness (QED) is 0.765. The third-order valence-electron chi connectivity index (χ3n) is 3.54. The van der Waals surface area contributed by atoms with E-state index >= 15 is 0 Å². The van der Waals surface area contributed by atoms with Crippen LogP contribution in [0.15, 0.2) is 36.4 Å². The number of ether oxygens (including phenoxy) is 4. The van der Waals surface area contributed by atoms with Crippen LogP contribution in [0, 0.1) is 6.92 Å². The number of carbonyl (C=O) groups excluding carboxylic acids is 1. The van der Waals surface area contributed by atoms with Gasteiger partial charge < -0.3 is 18.9 Å². The largest absolute Gasteiger partial charge is 0.496 e. The van der Waals surface area contributed by atoms with Gasteiger partial charge >= 0.3 is 5.97 Å². The first kappa shape index (κ1) is 16.7. The first-order valence-corrected chi connectivity index (χ1v) is 7.12. The van der Waals surface area contributed by atoms with Crippen molar-refractivity contribution in [3.63, 3.8) is 0 Å². The van der Waals surface area contributed by atoms with Crippen molar-refractivity contribution >= 4 is 5.97 Å². The van der Waals surface area contributed by atoms with Crippen LogP contribution in [-0.2, 0) is 11.3 Å². The molecular weight excluding hydrogens is 296 g/mol. The molecule has 0 fully saturated rings. The molecule has 122 valence electrons. The summed E-state index contributed by atoms with van der Waals surface area (Å²) in [6.07, 6.45) is 0. The number of para-hydroxylation sites is 1. The van der Waals surface area contributed by atoms with Crippen LogP contribution < -0.4 is 14.2 Å². The SMILES string of the molecule is COc1ccccc1COC(=O)c1cc(OC)c(C)c(OC)c1. The average molecular weight is 316 g/mol. The number of carbonyl (C=O) groups is 1. The zero-order valence-electron chi connectivity index (χ0n) is 13.7. The molecule has 2 rings (SSSR count). The van der Waals surface area contributed by atoms with E-state index in [9.17, 15) is 4.79 Å². The monoisotopic (exact) mass is 316 g/mol. The predicted octanol–water partition coefficient (Wildman–Crippen LogP) is 3.38. The van der Waals surface area contributed by atoms with Crippen LogP contribution in [0.2, 0.25) is 0 Å². The Hall–Kier alpha value is -2.69. The molecule has 0 spiro atoms. The van der Waals surface area contributed by atoms with Crippen LogP contribution in [0.1, 0.15) is 21.5 Å². The smallest absolute Gasteiger partial charge is 0.338 e. The molecule has 0 aliphatic carbocycles. The van der Waals surface area contributed by atoms with Crippen LogP contribution >= 0.6 is 0 Å². The van der Waals surface area contributed by atoms with E-state index in [1.54, 1.807) is 33.5 Å². The lowest BCUT2D eigenvalue weighted by molar-refractivity contribution is 0.0469. The molecule has 0 N–H and O–H groups in total.